The van der Waals surface area contributed by atoms with Crippen LogP contribution in [-0.4, -0.2) is 0 Å². The van der Waals surface area contributed by atoms with Gasteiger partial charge >= 0.3 is 0 Å². The van der Waals surface area contributed by atoms with Crippen molar-refractivity contribution < 1.29 is 0 Å². The molecule has 0 aromatic heterocycles. The normalized spacial score (nSPS) is 12.3. The first-order valence-corrected chi connectivity index (χ1v) is 16.0. The Morgan fingerprint density at radius 3 is 1.55 bits per heavy atom. The minimum atomic E-state index is 0.539. The van der Waals surface area contributed by atoms with Crippen LogP contribution in [0.5, 0.6) is 0 Å². The summed E-state index contributed by atoms with van der Waals surface area (Å²) >= 11 is 0. The summed E-state index contributed by atoms with van der Waals surface area (Å²) in [4.78, 5) is 0. The van der Waals surface area contributed by atoms with Crippen LogP contribution in [0.1, 0.15) is 0 Å². The molecule has 208 valence electrons. The Hall–Kier alpha value is -5.23. The van der Waals surface area contributed by atoms with Crippen molar-refractivity contribution >= 4 is 30.6 Å². The summed E-state index contributed by atoms with van der Waals surface area (Å²) in [7, 11) is 0.539. The van der Waals surface area contributed by atoms with E-state index in [9.17, 15) is 0 Å². The Kier molecular flexibility index (Phi) is 6.87. The van der Waals surface area contributed by atoms with Gasteiger partial charge in [0.15, 0.2) is 0 Å². The molecule has 1 heterocycles. The fourth-order valence-corrected chi connectivity index (χ4v) is 7.63. The maximum absolute atomic E-state index is 3.86. The zero-order chi connectivity index (χ0) is 29.3. The standard InChI is InChI=1S/C42H30NP/c1-3-13-29(14-4-1)31-23-25-33(30-15-5-2-6-16-30)37(27-31)32-24-26-40-38(28-32)36-19-9-12-22-42(36)44-41-21-11-8-18-35(41)34-17-7-10-20-39(34)43-40/h1-28,43-44H. The Bertz CT molecular complexity index is 2110. The van der Waals surface area contributed by atoms with Crippen LogP contribution in [0.4, 0.5) is 11.4 Å². The number of nitrogens with one attached hydrogen (secondary N) is 1. The highest BCUT2D eigenvalue weighted by molar-refractivity contribution is 7.56. The predicted octanol–water partition coefficient (Wildman–Crippen LogP) is 10.7. The number of anilines is 2. The lowest BCUT2D eigenvalue weighted by Gasteiger charge is -2.23. The molecule has 0 amide bonds. The van der Waals surface area contributed by atoms with E-state index in [1.165, 1.54) is 66.2 Å². The van der Waals surface area contributed by atoms with Crippen LogP contribution in [0.2, 0.25) is 0 Å². The van der Waals surface area contributed by atoms with Crippen molar-refractivity contribution in [1.82, 2.24) is 0 Å². The molecule has 0 aliphatic carbocycles. The van der Waals surface area contributed by atoms with Gasteiger partial charge in [-0.05, 0) is 79.4 Å². The van der Waals surface area contributed by atoms with Crippen molar-refractivity contribution in [3.05, 3.63) is 170 Å². The van der Waals surface area contributed by atoms with E-state index in [2.05, 4.69) is 175 Å². The molecule has 1 unspecified atom stereocenters. The van der Waals surface area contributed by atoms with Crippen LogP contribution in [-0.2, 0) is 0 Å². The molecule has 7 aromatic rings. The molecule has 0 fully saturated rings. The molecule has 0 spiro atoms. The van der Waals surface area contributed by atoms with E-state index >= 15 is 0 Å². The fraction of sp³-hybridized carbons (Fsp3) is 0. The molecule has 1 atom stereocenters. The third-order valence-corrected chi connectivity index (χ3v) is 9.85. The zero-order valence-electron chi connectivity index (χ0n) is 24.2. The monoisotopic (exact) mass is 579 g/mol. The van der Waals surface area contributed by atoms with Gasteiger partial charge in [-0.25, -0.2) is 0 Å². The fourth-order valence-electron chi connectivity index (χ4n) is 6.28. The van der Waals surface area contributed by atoms with E-state index < -0.39 is 0 Å². The highest BCUT2D eigenvalue weighted by Gasteiger charge is 2.19. The number of rotatable bonds is 3. The quantitative estimate of drug-likeness (QED) is 0.205. The molecule has 1 aliphatic heterocycles. The molecule has 44 heavy (non-hydrogen) atoms. The van der Waals surface area contributed by atoms with Gasteiger partial charge in [-0.15, -0.1) is 0 Å². The SMILES string of the molecule is c1ccc(-c2ccc(-c3ccccc3)c(-c3ccc4c(c3)-c3ccccc3Pc3ccccc3-c3ccccc3N4)c2)cc1. The Morgan fingerprint density at radius 2 is 0.818 bits per heavy atom. The maximum atomic E-state index is 3.86. The van der Waals surface area contributed by atoms with Crippen molar-refractivity contribution in [2.75, 3.05) is 5.32 Å². The summed E-state index contributed by atoms with van der Waals surface area (Å²) in [6.07, 6.45) is 0. The van der Waals surface area contributed by atoms with E-state index in [4.69, 9.17) is 0 Å². The molecule has 7 aromatic carbocycles. The van der Waals surface area contributed by atoms with Crippen molar-refractivity contribution in [1.29, 1.82) is 0 Å². The second-order valence-corrected chi connectivity index (χ2v) is 12.5. The van der Waals surface area contributed by atoms with Gasteiger partial charge < -0.3 is 5.32 Å². The van der Waals surface area contributed by atoms with Gasteiger partial charge in [0.2, 0.25) is 0 Å². The second kappa shape index (κ2) is 11.5. The number of para-hydroxylation sites is 1. The van der Waals surface area contributed by atoms with Crippen LogP contribution >= 0.6 is 8.58 Å². The van der Waals surface area contributed by atoms with Crippen LogP contribution in [0.25, 0.3) is 55.6 Å². The first-order chi connectivity index (χ1) is 21.8. The van der Waals surface area contributed by atoms with Crippen LogP contribution in [0, 0.1) is 0 Å². The molecule has 0 saturated carbocycles. The third kappa shape index (κ3) is 4.92. The highest BCUT2D eigenvalue weighted by Crippen LogP contribution is 2.42. The summed E-state index contributed by atoms with van der Waals surface area (Å²) in [6.45, 7) is 0. The lowest BCUT2D eigenvalue weighted by molar-refractivity contribution is 1.52. The number of fused-ring (bicyclic) bond motifs is 6. The molecule has 1 nitrogen and oxygen atoms in total. The van der Waals surface area contributed by atoms with E-state index in [0.717, 1.165) is 11.4 Å². The lowest BCUT2D eigenvalue weighted by Crippen LogP contribution is -2.11. The van der Waals surface area contributed by atoms with Crippen molar-refractivity contribution in [2.24, 2.45) is 0 Å². The average molecular weight is 580 g/mol. The second-order valence-electron chi connectivity index (χ2n) is 11.1. The van der Waals surface area contributed by atoms with Gasteiger partial charge in [-0.3, -0.25) is 0 Å². The summed E-state index contributed by atoms with van der Waals surface area (Å²) in [6, 6.07) is 61.6. The summed E-state index contributed by atoms with van der Waals surface area (Å²) in [5.41, 5.74) is 14.5. The average Bonchev–Trinajstić information content (AvgIpc) is 3.10. The van der Waals surface area contributed by atoms with Gasteiger partial charge in [0.25, 0.3) is 0 Å². The minimum absolute atomic E-state index is 0.539. The number of hydrogen-bond donors (Lipinski definition) is 1. The van der Waals surface area contributed by atoms with Crippen LogP contribution < -0.4 is 15.9 Å². The topological polar surface area (TPSA) is 12.0 Å². The third-order valence-electron chi connectivity index (χ3n) is 8.44. The number of benzene rings is 7. The first-order valence-electron chi connectivity index (χ1n) is 15.0. The largest absolute Gasteiger partial charge is 0.355 e. The molecule has 8 rings (SSSR count). The lowest BCUT2D eigenvalue weighted by atomic mass is 9.89. The predicted molar refractivity (Wildman–Crippen MR) is 191 cm³/mol. The van der Waals surface area contributed by atoms with Gasteiger partial charge in [0, 0.05) is 22.5 Å². The van der Waals surface area contributed by atoms with E-state index in [1.54, 1.807) is 0 Å². The van der Waals surface area contributed by atoms with Gasteiger partial charge in [0.1, 0.15) is 0 Å². The molecule has 0 saturated heterocycles. The highest BCUT2D eigenvalue weighted by atomic mass is 31.1. The molecule has 1 N–H and O–H groups in total. The van der Waals surface area contributed by atoms with Gasteiger partial charge in [-0.1, -0.05) is 154 Å². The number of hydrogen-bond acceptors (Lipinski definition) is 1. The van der Waals surface area contributed by atoms with E-state index in [0.29, 0.717) is 8.58 Å². The Labute approximate surface area is 260 Å². The minimum Gasteiger partial charge on any atom is -0.355 e. The Morgan fingerprint density at radius 1 is 0.295 bits per heavy atom. The molecular weight excluding hydrogens is 549 g/mol. The first kappa shape index (κ1) is 26.4. The molecule has 2 heteroatoms. The van der Waals surface area contributed by atoms with Crippen LogP contribution in [0.15, 0.2) is 170 Å². The summed E-state index contributed by atoms with van der Waals surface area (Å²) in [5, 5.41) is 6.56. The maximum Gasteiger partial charge on any atom is 0.0464 e. The molecule has 1 aliphatic rings. The molecule has 0 bridgehead atoms. The molecule has 0 radical (unpaired) electrons. The van der Waals surface area contributed by atoms with Crippen molar-refractivity contribution in [3.63, 3.8) is 0 Å². The van der Waals surface area contributed by atoms with Crippen LogP contribution in [0.3, 0.4) is 0 Å². The molecular formula is C42H30NP. The van der Waals surface area contributed by atoms with Gasteiger partial charge in [-0.2, -0.15) is 0 Å². The van der Waals surface area contributed by atoms with Gasteiger partial charge in [0.05, 0.1) is 0 Å². The summed E-state index contributed by atoms with van der Waals surface area (Å²) in [5.74, 6) is 0. The smallest absolute Gasteiger partial charge is 0.0464 e. The Balaban J connectivity index is 1.36. The van der Waals surface area contributed by atoms with E-state index in [1.807, 2.05) is 0 Å². The van der Waals surface area contributed by atoms with E-state index in [-0.39, 0.29) is 0 Å². The summed E-state index contributed by atoms with van der Waals surface area (Å²) < 4.78 is 0. The van der Waals surface area contributed by atoms with Crippen molar-refractivity contribution in [3.8, 4) is 55.6 Å². The zero-order valence-corrected chi connectivity index (χ0v) is 25.2. The van der Waals surface area contributed by atoms with Crippen molar-refractivity contribution in [2.45, 2.75) is 0 Å².